The van der Waals surface area contributed by atoms with E-state index in [0.29, 0.717) is 18.5 Å². The van der Waals surface area contributed by atoms with Gasteiger partial charge < -0.3 is 5.32 Å². The lowest BCUT2D eigenvalue weighted by Gasteiger charge is -2.27. The number of nitrogens with zero attached hydrogens (tertiary/aromatic N) is 4. The summed E-state index contributed by atoms with van der Waals surface area (Å²) in [7, 11) is 0. The summed E-state index contributed by atoms with van der Waals surface area (Å²) in [6.45, 7) is 6.00. The fraction of sp³-hybridized carbons (Fsp3) is 0.706. The third-order valence-electron chi connectivity index (χ3n) is 5.03. The van der Waals surface area contributed by atoms with Crippen LogP contribution in [-0.4, -0.2) is 45.3 Å². The first-order valence-electron chi connectivity index (χ1n) is 8.45. The van der Waals surface area contributed by atoms with Crippen LogP contribution in [0.4, 0.5) is 0 Å². The third kappa shape index (κ3) is 3.73. The number of nitriles is 1. The van der Waals surface area contributed by atoms with Crippen molar-refractivity contribution >= 4 is 5.91 Å². The molecular formula is C17H25N5O. The topological polar surface area (TPSA) is 74.0 Å². The molecule has 6 heteroatoms. The molecule has 1 saturated heterocycles. The summed E-state index contributed by atoms with van der Waals surface area (Å²) >= 11 is 0. The minimum Gasteiger partial charge on any atom is -0.337 e. The highest BCUT2D eigenvalue weighted by Gasteiger charge is 2.43. The van der Waals surface area contributed by atoms with Crippen LogP contribution in [0.5, 0.6) is 0 Å². The fourth-order valence-corrected chi connectivity index (χ4v) is 3.49. The van der Waals surface area contributed by atoms with Gasteiger partial charge in [0.2, 0.25) is 5.91 Å². The van der Waals surface area contributed by atoms with E-state index in [1.807, 2.05) is 30.9 Å². The van der Waals surface area contributed by atoms with Crippen LogP contribution in [0.3, 0.4) is 0 Å². The summed E-state index contributed by atoms with van der Waals surface area (Å²) in [6, 6.07) is 2.63. The molecule has 0 bridgehead atoms. The first-order valence-corrected chi connectivity index (χ1v) is 8.45. The van der Waals surface area contributed by atoms with Crippen molar-refractivity contribution in [3.63, 3.8) is 0 Å². The van der Waals surface area contributed by atoms with Crippen molar-refractivity contribution in [3.8, 4) is 6.07 Å². The highest BCUT2D eigenvalue weighted by molar-refractivity contribution is 5.79. The number of rotatable bonds is 6. The molecule has 6 nitrogen and oxygen atoms in total. The summed E-state index contributed by atoms with van der Waals surface area (Å²) in [5.41, 5.74) is 0.451. The Morgan fingerprint density at radius 3 is 2.91 bits per heavy atom. The van der Waals surface area contributed by atoms with Crippen LogP contribution in [-0.2, 0) is 11.3 Å². The van der Waals surface area contributed by atoms with Crippen molar-refractivity contribution in [2.75, 3.05) is 13.1 Å². The quantitative estimate of drug-likeness (QED) is 0.862. The Labute approximate surface area is 137 Å². The number of amides is 1. The molecule has 0 aromatic carbocycles. The van der Waals surface area contributed by atoms with Gasteiger partial charge >= 0.3 is 0 Å². The zero-order chi connectivity index (χ0) is 16.4. The van der Waals surface area contributed by atoms with E-state index in [1.54, 1.807) is 0 Å². The SMILES string of the molecule is Cc1cnn(C[C@@H]2CCCN2CC(=O)N[C@@](C)(C#N)C2CC2)c1. The van der Waals surface area contributed by atoms with E-state index in [9.17, 15) is 10.1 Å². The summed E-state index contributed by atoms with van der Waals surface area (Å²) < 4.78 is 1.96. The molecule has 0 spiro atoms. The third-order valence-corrected chi connectivity index (χ3v) is 5.03. The first-order chi connectivity index (χ1) is 11.0. The van der Waals surface area contributed by atoms with Gasteiger partial charge in [0.05, 0.1) is 25.4 Å². The highest BCUT2D eigenvalue weighted by Crippen LogP contribution is 2.39. The molecule has 1 aliphatic heterocycles. The average molecular weight is 315 g/mol. The summed E-state index contributed by atoms with van der Waals surface area (Å²) in [6.07, 6.45) is 8.17. The number of aryl methyl sites for hydroxylation is 1. The van der Waals surface area contributed by atoms with Gasteiger partial charge in [0.15, 0.2) is 0 Å². The molecule has 23 heavy (non-hydrogen) atoms. The lowest BCUT2D eigenvalue weighted by molar-refractivity contribution is -0.124. The lowest BCUT2D eigenvalue weighted by Crippen LogP contribution is -2.51. The van der Waals surface area contributed by atoms with Gasteiger partial charge in [0, 0.05) is 12.2 Å². The largest absolute Gasteiger partial charge is 0.337 e. The predicted octanol–water partition coefficient (Wildman–Crippen LogP) is 1.46. The molecule has 2 atom stereocenters. The zero-order valence-corrected chi connectivity index (χ0v) is 14.0. The maximum absolute atomic E-state index is 12.4. The molecule has 1 amide bonds. The van der Waals surface area contributed by atoms with Crippen LogP contribution < -0.4 is 5.32 Å². The second-order valence-corrected chi connectivity index (χ2v) is 7.14. The Balaban J connectivity index is 1.55. The molecule has 2 aliphatic rings. The number of hydrogen-bond acceptors (Lipinski definition) is 4. The van der Waals surface area contributed by atoms with E-state index >= 15 is 0 Å². The minimum atomic E-state index is -0.703. The van der Waals surface area contributed by atoms with Gasteiger partial charge in [-0.3, -0.25) is 14.4 Å². The summed E-state index contributed by atoms with van der Waals surface area (Å²) in [5.74, 6) is 0.280. The van der Waals surface area contributed by atoms with Crippen molar-refractivity contribution in [2.45, 2.75) is 57.7 Å². The normalized spacial score (nSPS) is 24.1. The maximum Gasteiger partial charge on any atom is 0.235 e. The Hall–Kier alpha value is -1.87. The van der Waals surface area contributed by atoms with Crippen LogP contribution in [0.15, 0.2) is 12.4 Å². The van der Waals surface area contributed by atoms with Gasteiger partial charge in [-0.25, -0.2) is 0 Å². The Bertz CT molecular complexity index is 615. The second kappa shape index (κ2) is 6.32. The van der Waals surface area contributed by atoms with E-state index in [4.69, 9.17) is 0 Å². The number of aromatic nitrogens is 2. The van der Waals surface area contributed by atoms with Crippen LogP contribution in [0.2, 0.25) is 0 Å². The zero-order valence-electron chi connectivity index (χ0n) is 14.0. The average Bonchev–Trinajstić information content (AvgIpc) is 3.18. The van der Waals surface area contributed by atoms with E-state index in [2.05, 4.69) is 21.4 Å². The minimum absolute atomic E-state index is 0.0375. The molecule has 2 heterocycles. The second-order valence-electron chi connectivity index (χ2n) is 7.14. The van der Waals surface area contributed by atoms with Crippen molar-refractivity contribution in [1.29, 1.82) is 5.26 Å². The van der Waals surface area contributed by atoms with Gasteiger partial charge in [-0.05, 0) is 57.6 Å². The predicted molar refractivity (Wildman–Crippen MR) is 86.4 cm³/mol. The molecule has 124 valence electrons. The molecule has 0 radical (unpaired) electrons. The van der Waals surface area contributed by atoms with E-state index in [0.717, 1.165) is 44.3 Å². The Kier molecular flexibility index (Phi) is 4.40. The standard InChI is InChI=1S/C17H25N5O/c1-13-8-19-22(9-13)10-15-4-3-7-21(15)11-16(23)20-17(2,12-18)14-5-6-14/h8-9,14-15H,3-7,10-11H2,1-2H3,(H,20,23)/t15-,17-/m0/s1. The molecule has 3 rings (SSSR count). The number of carbonyl (C=O) groups is 1. The van der Waals surface area contributed by atoms with Crippen molar-refractivity contribution in [2.24, 2.45) is 5.92 Å². The highest BCUT2D eigenvalue weighted by atomic mass is 16.2. The molecular weight excluding hydrogens is 290 g/mol. The lowest BCUT2D eigenvalue weighted by atomic mass is 9.98. The van der Waals surface area contributed by atoms with Gasteiger partial charge in [-0.2, -0.15) is 10.4 Å². The Morgan fingerprint density at radius 2 is 2.30 bits per heavy atom. The monoisotopic (exact) mass is 315 g/mol. The van der Waals surface area contributed by atoms with Crippen molar-refractivity contribution in [1.82, 2.24) is 20.0 Å². The molecule has 2 fully saturated rings. The van der Waals surface area contributed by atoms with Crippen LogP contribution in [0, 0.1) is 24.2 Å². The van der Waals surface area contributed by atoms with Crippen molar-refractivity contribution < 1.29 is 4.79 Å². The molecule has 1 aromatic heterocycles. The van der Waals surface area contributed by atoms with Crippen LogP contribution in [0.1, 0.15) is 38.2 Å². The van der Waals surface area contributed by atoms with Crippen LogP contribution >= 0.6 is 0 Å². The van der Waals surface area contributed by atoms with Crippen LogP contribution in [0.25, 0.3) is 0 Å². The van der Waals surface area contributed by atoms with Gasteiger partial charge in [0.1, 0.15) is 5.54 Å². The summed E-state index contributed by atoms with van der Waals surface area (Å²) in [5, 5.41) is 16.7. The van der Waals surface area contributed by atoms with Gasteiger partial charge in [-0.15, -0.1) is 0 Å². The molecule has 1 saturated carbocycles. The van der Waals surface area contributed by atoms with Gasteiger partial charge in [-0.1, -0.05) is 0 Å². The summed E-state index contributed by atoms with van der Waals surface area (Å²) in [4.78, 5) is 14.6. The number of hydrogen-bond donors (Lipinski definition) is 1. The van der Waals surface area contributed by atoms with E-state index in [1.165, 1.54) is 0 Å². The number of carbonyl (C=O) groups excluding carboxylic acids is 1. The maximum atomic E-state index is 12.4. The van der Waals surface area contributed by atoms with E-state index in [-0.39, 0.29) is 5.91 Å². The number of likely N-dealkylation sites (tertiary alicyclic amines) is 1. The van der Waals surface area contributed by atoms with E-state index < -0.39 is 5.54 Å². The molecule has 1 aliphatic carbocycles. The Morgan fingerprint density at radius 1 is 1.52 bits per heavy atom. The van der Waals surface area contributed by atoms with Gasteiger partial charge in [0.25, 0.3) is 0 Å². The number of nitrogens with one attached hydrogen (secondary N) is 1. The van der Waals surface area contributed by atoms with Crippen molar-refractivity contribution in [3.05, 3.63) is 18.0 Å². The molecule has 1 N–H and O–H groups in total. The smallest absolute Gasteiger partial charge is 0.235 e. The molecule has 1 aromatic rings. The molecule has 0 unspecified atom stereocenters. The fourth-order valence-electron chi connectivity index (χ4n) is 3.49. The first kappa shape index (κ1) is 16.0.